The van der Waals surface area contributed by atoms with Gasteiger partial charge in [0.1, 0.15) is 36.6 Å². The Morgan fingerprint density at radius 3 is 1.47 bits per heavy atom. The predicted molar refractivity (Wildman–Crippen MR) is 174 cm³/mol. The van der Waals surface area contributed by atoms with Crippen molar-refractivity contribution in [3.05, 3.63) is 71.8 Å². The summed E-state index contributed by atoms with van der Waals surface area (Å²) in [5.74, 6) is 0. The average molecular weight is 697 g/mol. The van der Waals surface area contributed by atoms with E-state index in [-0.39, 0.29) is 46.1 Å². The number of aliphatic hydroxyl groups excluding tert-OH is 6. The van der Waals surface area contributed by atoms with Crippen LogP contribution in [0.25, 0.3) is 0 Å². The first-order valence-corrected chi connectivity index (χ1v) is 16.7. The molecule has 2 aromatic rings. The Bertz CT molecular complexity index is 1080. The summed E-state index contributed by atoms with van der Waals surface area (Å²) in [6, 6.07) is 18.1. The van der Waals surface area contributed by atoms with Crippen LogP contribution >= 0.6 is 0 Å². The predicted octanol–water partition coefficient (Wildman–Crippen LogP) is -1.31. The monoisotopic (exact) mass is 696 g/mol. The van der Waals surface area contributed by atoms with Crippen LogP contribution in [0.1, 0.15) is 23.7 Å². The van der Waals surface area contributed by atoms with Crippen LogP contribution in [0.2, 0.25) is 0 Å². The quantitative estimate of drug-likeness (QED) is 0.0755. The second kappa shape index (κ2) is 21.3. The number of nitrogens with two attached hydrogens (primary N) is 1. The van der Waals surface area contributed by atoms with E-state index in [4.69, 9.17) is 38.9 Å². The molecule has 10 atom stereocenters. The molecule has 2 saturated heterocycles. The van der Waals surface area contributed by atoms with Gasteiger partial charge < -0.3 is 69.5 Å². The molecule has 0 radical (unpaired) electrons. The van der Waals surface area contributed by atoms with Crippen LogP contribution in [0, 0.1) is 0 Å². The minimum absolute atomic E-state index is 0.116. The zero-order valence-corrected chi connectivity index (χ0v) is 27.6. The van der Waals surface area contributed by atoms with Gasteiger partial charge in [0.15, 0.2) is 12.6 Å². The van der Waals surface area contributed by atoms with Gasteiger partial charge in [-0.25, -0.2) is 0 Å². The van der Waals surface area contributed by atoms with Crippen molar-refractivity contribution >= 4 is 0 Å². The molecule has 49 heavy (non-hydrogen) atoms. The lowest BCUT2D eigenvalue weighted by molar-refractivity contribution is -0.285. The van der Waals surface area contributed by atoms with Gasteiger partial charge in [-0.1, -0.05) is 60.7 Å². The Morgan fingerprint density at radius 1 is 0.633 bits per heavy atom. The molecule has 276 valence electrons. The van der Waals surface area contributed by atoms with E-state index in [0.29, 0.717) is 44.1 Å². The normalized spacial score (nSPS) is 27.1. The van der Waals surface area contributed by atoms with E-state index < -0.39 is 61.4 Å². The van der Waals surface area contributed by atoms with Crippen molar-refractivity contribution in [3.63, 3.8) is 0 Å². The summed E-state index contributed by atoms with van der Waals surface area (Å²) < 4.78 is 39.4. The maximum atomic E-state index is 11.1. The average Bonchev–Trinajstić information content (AvgIpc) is 3.12. The summed E-state index contributed by atoms with van der Waals surface area (Å²) in [4.78, 5) is 1.60. The van der Waals surface area contributed by atoms with Crippen LogP contribution in [-0.4, -0.2) is 163 Å². The van der Waals surface area contributed by atoms with Gasteiger partial charge >= 0.3 is 0 Å². The number of rotatable bonds is 21. The van der Waals surface area contributed by atoms with E-state index in [1.165, 1.54) is 0 Å². The molecule has 8 N–H and O–H groups in total. The molecule has 0 aliphatic carbocycles. The zero-order valence-electron chi connectivity index (χ0n) is 27.6. The van der Waals surface area contributed by atoms with Crippen LogP contribution < -0.4 is 5.73 Å². The summed E-state index contributed by atoms with van der Waals surface area (Å²) in [6.07, 6.45) is -12.4. The Hall–Kier alpha value is -2.16. The number of ether oxygens (including phenoxy) is 7. The van der Waals surface area contributed by atoms with Crippen molar-refractivity contribution in [3.8, 4) is 0 Å². The number of aliphatic hydroxyl groups is 6. The maximum absolute atomic E-state index is 11.1. The van der Waals surface area contributed by atoms with Crippen LogP contribution in [-0.2, 0) is 33.2 Å². The first kappa shape index (κ1) is 39.6. The maximum Gasteiger partial charge on any atom is 0.184 e. The molecular formula is C34H52N2O13. The Labute approximate surface area is 286 Å². The first-order valence-electron chi connectivity index (χ1n) is 16.7. The molecule has 0 aromatic heterocycles. The highest BCUT2D eigenvalue weighted by Crippen LogP contribution is 2.30. The summed E-state index contributed by atoms with van der Waals surface area (Å²) in [7, 11) is 0. The molecule has 2 unspecified atom stereocenters. The molecule has 2 fully saturated rings. The fraction of sp³-hybridized carbons (Fsp3) is 0.647. The van der Waals surface area contributed by atoms with Gasteiger partial charge in [-0.2, -0.15) is 0 Å². The van der Waals surface area contributed by atoms with Gasteiger partial charge in [0.25, 0.3) is 0 Å². The topological polar surface area (TPSA) is 215 Å². The molecule has 15 nitrogen and oxygen atoms in total. The number of nitrogens with zero attached hydrogens (tertiary/aromatic N) is 1. The molecule has 2 aliphatic rings. The first-order chi connectivity index (χ1) is 23.8. The third-order valence-electron chi connectivity index (χ3n) is 8.21. The van der Waals surface area contributed by atoms with E-state index in [0.717, 1.165) is 0 Å². The summed E-state index contributed by atoms with van der Waals surface area (Å²) >= 11 is 0. The fourth-order valence-corrected chi connectivity index (χ4v) is 5.55. The molecule has 0 amide bonds. The van der Waals surface area contributed by atoms with Crippen molar-refractivity contribution in [2.75, 3.05) is 79.0 Å². The summed E-state index contributed by atoms with van der Waals surface area (Å²) in [6.45, 7) is 2.03. The van der Waals surface area contributed by atoms with E-state index >= 15 is 0 Å². The van der Waals surface area contributed by atoms with Gasteiger partial charge in [-0.05, 0) is 0 Å². The lowest BCUT2D eigenvalue weighted by Gasteiger charge is -2.40. The fourth-order valence-electron chi connectivity index (χ4n) is 5.55. The second-order valence-electron chi connectivity index (χ2n) is 12.0. The van der Waals surface area contributed by atoms with Gasteiger partial charge in [0, 0.05) is 37.3 Å². The molecule has 2 aliphatic heterocycles. The van der Waals surface area contributed by atoms with Gasteiger partial charge in [0.05, 0.1) is 65.1 Å². The van der Waals surface area contributed by atoms with Crippen LogP contribution in [0.5, 0.6) is 0 Å². The van der Waals surface area contributed by atoms with E-state index in [2.05, 4.69) is 0 Å². The lowest BCUT2D eigenvalue weighted by atomic mass is 9.99. The third-order valence-corrected chi connectivity index (χ3v) is 8.21. The van der Waals surface area contributed by atoms with Crippen LogP contribution in [0.3, 0.4) is 0 Å². The van der Waals surface area contributed by atoms with E-state index in [1.807, 2.05) is 36.4 Å². The Kier molecular flexibility index (Phi) is 17.2. The SMILES string of the molecule is NCCOCCOCCOCCN(C[C@H](O)[C@@H](O)[C@@H]1OC(c2ccccc2)OC[C@H]1O)C[C@H](O)[C@@H](O)[C@@H]1OC(c2ccccc2)OC[C@H]1O. The van der Waals surface area contributed by atoms with Crippen molar-refractivity contribution in [2.24, 2.45) is 5.73 Å². The third kappa shape index (κ3) is 12.5. The second-order valence-corrected chi connectivity index (χ2v) is 12.0. The highest BCUT2D eigenvalue weighted by Gasteiger charge is 2.42. The smallest absolute Gasteiger partial charge is 0.184 e. The molecular weight excluding hydrogens is 644 g/mol. The molecule has 0 saturated carbocycles. The van der Waals surface area contributed by atoms with E-state index in [9.17, 15) is 30.6 Å². The molecule has 4 rings (SSSR count). The highest BCUT2D eigenvalue weighted by molar-refractivity contribution is 5.17. The number of benzene rings is 2. The van der Waals surface area contributed by atoms with Crippen LogP contribution in [0.4, 0.5) is 0 Å². The van der Waals surface area contributed by atoms with Crippen LogP contribution in [0.15, 0.2) is 60.7 Å². The molecule has 2 heterocycles. The molecule has 2 aromatic carbocycles. The van der Waals surface area contributed by atoms with Gasteiger partial charge in [-0.15, -0.1) is 0 Å². The molecule has 0 spiro atoms. The standard InChI is InChI=1S/C34H52N2O13/c35-11-13-43-15-17-45-18-16-44-14-12-36(19-25(37)29(41)31-27(39)21-46-33(48-31)23-7-3-1-4-8-23)20-26(38)30(42)32-28(40)22-47-34(49-32)24-9-5-2-6-10-24/h1-10,25-34,37-42H,11-22,35H2/t25-,26-,27+,28+,29+,30+,31+,32+,33?,34?/m0/s1. The van der Waals surface area contributed by atoms with Gasteiger partial charge in [0.2, 0.25) is 0 Å². The zero-order chi connectivity index (χ0) is 35.0. The highest BCUT2D eigenvalue weighted by atomic mass is 16.7. The summed E-state index contributed by atoms with van der Waals surface area (Å²) in [5.41, 5.74) is 6.77. The Morgan fingerprint density at radius 2 is 1.04 bits per heavy atom. The van der Waals surface area contributed by atoms with Crippen molar-refractivity contribution < 1.29 is 63.8 Å². The lowest BCUT2D eigenvalue weighted by Crippen LogP contribution is -2.56. The largest absolute Gasteiger partial charge is 0.389 e. The molecule has 15 heteroatoms. The Balaban J connectivity index is 1.35. The minimum atomic E-state index is -1.53. The van der Waals surface area contributed by atoms with Crippen molar-refractivity contribution in [1.82, 2.24) is 4.90 Å². The van der Waals surface area contributed by atoms with E-state index in [1.54, 1.807) is 29.2 Å². The minimum Gasteiger partial charge on any atom is -0.389 e. The van der Waals surface area contributed by atoms with Crippen molar-refractivity contribution in [2.45, 2.75) is 61.4 Å². The van der Waals surface area contributed by atoms with Crippen molar-refractivity contribution in [1.29, 1.82) is 0 Å². The number of hydrogen-bond acceptors (Lipinski definition) is 15. The number of hydrogen-bond donors (Lipinski definition) is 7. The summed E-state index contributed by atoms with van der Waals surface area (Å²) in [5, 5.41) is 65.7. The molecule has 0 bridgehead atoms. The van der Waals surface area contributed by atoms with Gasteiger partial charge in [-0.3, -0.25) is 4.90 Å².